The lowest BCUT2D eigenvalue weighted by Gasteiger charge is -2.38. The number of unbranched alkanes of at least 4 members (excludes halogenated alkanes) is 1. The van der Waals surface area contributed by atoms with Gasteiger partial charge in [-0.3, -0.25) is 0 Å². The maximum Gasteiger partial charge on any atom is -0.0323 e. The summed E-state index contributed by atoms with van der Waals surface area (Å²) in [5.74, 6) is 1.06. The maximum absolute atomic E-state index is 2.52. The Morgan fingerprint density at radius 1 is 1.21 bits per heavy atom. The fourth-order valence-corrected chi connectivity index (χ4v) is 3.29. The average Bonchev–Trinajstić information content (AvgIpc) is 2.15. The van der Waals surface area contributed by atoms with Gasteiger partial charge in [-0.1, -0.05) is 59.3 Å². The van der Waals surface area contributed by atoms with E-state index in [9.17, 15) is 0 Å². The van der Waals surface area contributed by atoms with Crippen LogP contribution in [0.3, 0.4) is 0 Å². The molecular weight excluding hydrogens is 168 g/mol. The van der Waals surface area contributed by atoms with E-state index in [4.69, 9.17) is 0 Å². The summed E-state index contributed by atoms with van der Waals surface area (Å²) in [5.41, 5.74) is 0.700. The van der Waals surface area contributed by atoms with E-state index in [1.165, 1.54) is 57.8 Å². The van der Waals surface area contributed by atoms with Gasteiger partial charge >= 0.3 is 0 Å². The first-order valence-electron chi connectivity index (χ1n) is 6.70. The molecule has 0 saturated heterocycles. The van der Waals surface area contributed by atoms with Crippen LogP contribution < -0.4 is 0 Å². The van der Waals surface area contributed by atoms with E-state index in [-0.39, 0.29) is 0 Å². The Labute approximate surface area is 90.5 Å². The SMILES string of the molecule is CCCCC1CCCC(C)(CCC)C1. The molecule has 0 bridgehead atoms. The van der Waals surface area contributed by atoms with Gasteiger partial charge in [-0.2, -0.15) is 0 Å². The van der Waals surface area contributed by atoms with Crippen molar-refractivity contribution in [2.45, 2.75) is 78.6 Å². The van der Waals surface area contributed by atoms with Crippen LogP contribution in [0.5, 0.6) is 0 Å². The lowest BCUT2D eigenvalue weighted by Crippen LogP contribution is -2.25. The van der Waals surface area contributed by atoms with Crippen LogP contribution in [0.1, 0.15) is 78.6 Å². The Morgan fingerprint density at radius 2 is 2.00 bits per heavy atom. The number of rotatable bonds is 5. The fraction of sp³-hybridized carbons (Fsp3) is 1.00. The van der Waals surface area contributed by atoms with E-state index >= 15 is 0 Å². The van der Waals surface area contributed by atoms with Gasteiger partial charge in [0, 0.05) is 0 Å². The zero-order chi connectivity index (χ0) is 10.4. The molecule has 0 radical (unpaired) electrons. The van der Waals surface area contributed by atoms with Gasteiger partial charge in [-0.25, -0.2) is 0 Å². The summed E-state index contributed by atoms with van der Waals surface area (Å²) in [6.07, 6.45) is 13.2. The van der Waals surface area contributed by atoms with E-state index in [0.717, 1.165) is 5.92 Å². The van der Waals surface area contributed by atoms with Gasteiger partial charge in [-0.05, 0) is 30.6 Å². The van der Waals surface area contributed by atoms with Gasteiger partial charge in [-0.15, -0.1) is 0 Å². The van der Waals surface area contributed by atoms with Crippen LogP contribution >= 0.6 is 0 Å². The second-order valence-electron chi connectivity index (χ2n) is 5.67. The topological polar surface area (TPSA) is 0 Å². The van der Waals surface area contributed by atoms with Gasteiger partial charge in [0.05, 0.1) is 0 Å². The molecule has 1 rings (SSSR count). The van der Waals surface area contributed by atoms with Gasteiger partial charge < -0.3 is 0 Å². The first-order chi connectivity index (χ1) is 6.70. The third kappa shape index (κ3) is 3.63. The van der Waals surface area contributed by atoms with Crippen LogP contribution in [-0.4, -0.2) is 0 Å². The van der Waals surface area contributed by atoms with Crippen LogP contribution in [0, 0.1) is 11.3 Å². The highest BCUT2D eigenvalue weighted by molar-refractivity contribution is 4.82. The van der Waals surface area contributed by atoms with E-state index in [1.54, 1.807) is 0 Å². The summed E-state index contributed by atoms with van der Waals surface area (Å²) >= 11 is 0. The highest BCUT2D eigenvalue weighted by Crippen LogP contribution is 2.43. The maximum atomic E-state index is 2.52. The second-order valence-corrected chi connectivity index (χ2v) is 5.67. The first-order valence-corrected chi connectivity index (χ1v) is 6.70. The zero-order valence-electron chi connectivity index (χ0n) is 10.4. The molecule has 0 aliphatic heterocycles. The molecule has 0 amide bonds. The monoisotopic (exact) mass is 196 g/mol. The summed E-state index contributed by atoms with van der Waals surface area (Å²) < 4.78 is 0. The first kappa shape index (κ1) is 12.1. The van der Waals surface area contributed by atoms with Crippen molar-refractivity contribution in [2.75, 3.05) is 0 Å². The van der Waals surface area contributed by atoms with Crippen molar-refractivity contribution < 1.29 is 0 Å². The summed E-state index contributed by atoms with van der Waals surface area (Å²) in [6.45, 7) is 7.17. The van der Waals surface area contributed by atoms with Crippen molar-refractivity contribution >= 4 is 0 Å². The van der Waals surface area contributed by atoms with Crippen LogP contribution in [0.15, 0.2) is 0 Å². The second kappa shape index (κ2) is 5.78. The quantitative estimate of drug-likeness (QED) is 0.569. The van der Waals surface area contributed by atoms with Crippen molar-refractivity contribution in [2.24, 2.45) is 11.3 Å². The molecule has 0 aromatic heterocycles. The highest BCUT2D eigenvalue weighted by Gasteiger charge is 2.30. The molecule has 0 N–H and O–H groups in total. The molecular formula is C14H28. The van der Waals surface area contributed by atoms with Crippen molar-refractivity contribution in [1.29, 1.82) is 0 Å². The summed E-state index contributed by atoms with van der Waals surface area (Å²) in [5, 5.41) is 0. The molecule has 1 aliphatic rings. The predicted octanol–water partition coefficient (Wildman–Crippen LogP) is 5.17. The Kier molecular flexibility index (Phi) is 4.98. The van der Waals surface area contributed by atoms with Crippen LogP contribution in [0.4, 0.5) is 0 Å². The summed E-state index contributed by atoms with van der Waals surface area (Å²) in [4.78, 5) is 0. The number of hydrogen-bond donors (Lipinski definition) is 0. The lowest BCUT2D eigenvalue weighted by atomic mass is 9.67. The summed E-state index contributed by atoms with van der Waals surface area (Å²) in [7, 11) is 0. The van der Waals surface area contributed by atoms with E-state index in [2.05, 4.69) is 20.8 Å². The van der Waals surface area contributed by atoms with Gasteiger partial charge in [0.2, 0.25) is 0 Å². The largest absolute Gasteiger partial charge is 0.0654 e. The van der Waals surface area contributed by atoms with Gasteiger partial charge in [0.25, 0.3) is 0 Å². The Bertz CT molecular complexity index is 146. The zero-order valence-corrected chi connectivity index (χ0v) is 10.4. The minimum absolute atomic E-state index is 0.700. The predicted molar refractivity (Wildman–Crippen MR) is 64.5 cm³/mol. The molecule has 2 atom stereocenters. The van der Waals surface area contributed by atoms with E-state index < -0.39 is 0 Å². The fourth-order valence-electron chi connectivity index (χ4n) is 3.29. The Balaban J connectivity index is 2.34. The highest BCUT2D eigenvalue weighted by atomic mass is 14.4. The molecule has 2 unspecified atom stereocenters. The smallest absolute Gasteiger partial charge is 0.0323 e. The average molecular weight is 196 g/mol. The van der Waals surface area contributed by atoms with E-state index in [1.807, 2.05) is 0 Å². The molecule has 0 heteroatoms. The Hall–Kier alpha value is 0. The molecule has 14 heavy (non-hydrogen) atoms. The van der Waals surface area contributed by atoms with Gasteiger partial charge in [0.15, 0.2) is 0 Å². The Morgan fingerprint density at radius 3 is 2.64 bits per heavy atom. The van der Waals surface area contributed by atoms with Crippen LogP contribution in [-0.2, 0) is 0 Å². The molecule has 1 aliphatic carbocycles. The minimum atomic E-state index is 0.700. The molecule has 0 aromatic carbocycles. The lowest BCUT2D eigenvalue weighted by molar-refractivity contribution is 0.138. The van der Waals surface area contributed by atoms with Crippen molar-refractivity contribution in [1.82, 2.24) is 0 Å². The minimum Gasteiger partial charge on any atom is -0.0654 e. The number of hydrogen-bond acceptors (Lipinski definition) is 0. The molecule has 0 spiro atoms. The van der Waals surface area contributed by atoms with Crippen LogP contribution in [0.25, 0.3) is 0 Å². The summed E-state index contributed by atoms with van der Waals surface area (Å²) in [6, 6.07) is 0. The van der Waals surface area contributed by atoms with Crippen LogP contribution in [0.2, 0.25) is 0 Å². The molecule has 1 fully saturated rings. The molecule has 84 valence electrons. The standard InChI is InChI=1S/C14H28/c1-4-6-8-13-9-7-11-14(3,12-13)10-5-2/h13H,4-12H2,1-3H3. The van der Waals surface area contributed by atoms with Crippen molar-refractivity contribution in [3.05, 3.63) is 0 Å². The third-order valence-electron chi connectivity index (χ3n) is 3.99. The molecule has 0 nitrogen and oxygen atoms in total. The van der Waals surface area contributed by atoms with Crippen molar-refractivity contribution in [3.8, 4) is 0 Å². The molecule has 0 aromatic rings. The third-order valence-corrected chi connectivity index (χ3v) is 3.99. The normalized spacial score (nSPS) is 33.2. The van der Waals surface area contributed by atoms with E-state index in [0.29, 0.717) is 5.41 Å². The molecule has 1 saturated carbocycles. The van der Waals surface area contributed by atoms with Crippen molar-refractivity contribution in [3.63, 3.8) is 0 Å². The van der Waals surface area contributed by atoms with Gasteiger partial charge in [0.1, 0.15) is 0 Å². The molecule has 0 heterocycles.